The Kier molecular flexibility index (Phi) is 5.79. The number of hydrogen-bond donors (Lipinski definition) is 0. The Labute approximate surface area is 108 Å². The van der Waals surface area contributed by atoms with Gasteiger partial charge in [0, 0.05) is 24.6 Å². The minimum atomic E-state index is -2.90. The minimum absolute atomic E-state index is 0.149. The highest BCUT2D eigenvalue weighted by molar-refractivity contribution is 8.01. The van der Waals surface area contributed by atoms with E-state index < -0.39 is 9.84 Å². The first kappa shape index (κ1) is 14.8. The molecule has 6 heteroatoms. The topological polar surface area (TPSA) is 54.5 Å². The van der Waals surface area contributed by atoms with E-state index in [0.717, 1.165) is 19.4 Å². The molecule has 1 aliphatic heterocycles. The number of piperidine rings is 1. The summed E-state index contributed by atoms with van der Waals surface area (Å²) in [6.45, 7) is 2.94. The quantitative estimate of drug-likeness (QED) is 0.709. The minimum Gasteiger partial charge on any atom is -0.339 e. The average Bonchev–Trinajstić information content (AvgIpc) is 2.23. The van der Waals surface area contributed by atoms with Crippen LogP contribution in [-0.2, 0) is 14.6 Å². The Hall–Kier alpha value is -0.230. The maximum atomic E-state index is 11.9. The van der Waals surface area contributed by atoms with Gasteiger partial charge in [0.15, 0.2) is 0 Å². The van der Waals surface area contributed by atoms with Crippen molar-refractivity contribution in [2.24, 2.45) is 0 Å². The van der Waals surface area contributed by atoms with Gasteiger partial charge in [-0.1, -0.05) is 0 Å². The Morgan fingerprint density at radius 1 is 1.41 bits per heavy atom. The highest BCUT2D eigenvalue weighted by atomic mass is 32.2. The number of rotatable bonds is 5. The molecule has 0 spiro atoms. The number of carbonyl (C=O) groups is 1. The molecule has 100 valence electrons. The molecule has 0 aromatic heterocycles. The second-order valence-corrected chi connectivity index (χ2v) is 7.98. The van der Waals surface area contributed by atoms with Crippen LogP contribution >= 0.6 is 11.8 Å². The zero-order valence-electron chi connectivity index (χ0n) is 10.5. The summed E-state index contributed by atoms with van der Waals surface area (Å²) in [5.41, 5.74) is 0. The van der Waals surface area contributed by atoms with Gasteiger partial charge in [0.1, 0.15) is 9.84 Å². The van der Waals surface area contributed by atoms with Crippen molar-refractivity contribution in [1.82, 2.24) is 4.90 Å². The average molecular weight is 279 g/mol. The highest BCUT2D eigenvalue weighted by Crippen LogP contribution is 2.17. The van der Waals surface area contributed by atoms with Gasteiger partial charge >= 0.3 is 0 Å². The van der Waals surface area contributed by atoms with Crippen LogP contribution in [0.3, 0.4) is 0 Å². The summed E-state index contributed by atoms with van der Waals surface area (Å²) in [5, 5.41) is 0. The SMILES string of the molecule is CC1CCCCN1C(=O)CSCCS(C)(=O)=O. The van der Waals surface area contributed by atoms with Crippen LogP contribution in [0.2, 0.25) is 0 Å². The number of hydrogen-bond acceptors (Lipinski definition) is 4. The molecule has 1 aliphatic rings. The Bertz CT molecular complexity index is 354. The number of thioether (sulfide) groups is 1. The third-order valence-corrected chi connectivity index (χ3v) is 5.10. The summed E-state index contributed by atoms with van der Waals surface area (Å²) in [6, 6.07) is 0.340. The Morgan fingerprint density at radius 3 is 2.71 bits per heavy atom. The molecule has 0 aliphatic carbocycles. The molecule has 1 unspecified atom stereocenters. The van der Waals surface area contributed by atoms with Gasteiger partial charge in [-0.15, -0.1) is 0 Å². The van der Waals surface area contributed by atoms with Gasteiger partial charge in [-0.3, -0.25) is 4.79 Å². The summed E-state index contributed by atoms with van der Waals surface area (Å²) in [6.07, 6.45) is 4.60. The lowest BCUT2D eigenvalue weighted by Gasteiger charge is -2.33. The maximum absolute atomic E-state index is 11.9. The molecule has 0 aromatic rings. The van der Waals surface area contributed by atoms with Crippen LogP contribution in [0.15, 0.2) is 0 Å². The first-order valence-corrected chi connectivity index (χ1v) is 9.16. The summed E-state index contributed by atoms with van der Waals surface area (Å²) >= 11 is 1.41. The van der Waals surface area contributed by atoms with Crippen LogP contribution in [0.1, 0.15) is 26.2 Å². The molecule has 17 heavy (non-hydrogen) atoms. The van der Waals surface area contributed by atoms with Crippen molar-refractivity contribution < 1.29 is 13.2 Å². The molecular formula is C11H21NO3S2. The molecule has 1 heterocycles. The van der Waals surface area contributed by atoms with Gasteiger partial charge in [-0.05, 0) is 26.2 Å². The van der Waals surface area contributed by atoms with Crippen molar-refractivity contribution >= 4 is 27.5 Å². The zero-order valence-corrected chi connectivity index (χ0v) is 12.1. The van der Waals surface area contributed by atoms with Gasteiger partial charge in [0.05, 0.1) is 11.5 Å². The summed E-state index contributed by atoms with van der Waals surface area (Å²) in [4.78, 5) is 13.8. The summed E-state index contributed by atoms with van der Waals surface area (Å²) in [5.74, 6) is 1.21. The number of nitrogens with zero attached hydrogens (tertiary/aromatic N) is 1. The second-order valence-electron chi connectivity index (χ2n) is 4.61. The van der Waals surface area contributed by atoms with Crippen molar-refractivity contribution in [3.8, 4) is 0 Å². The number of likely N-dealkylation sites (tertiary alicyclic amines) is 1. The summed E-state index contributed by atoms with van der Waals surface area (Å²) in [7, 11) is -2.90. The predicted molar refractivity (Wildman–Crippen MR) is 72.1 cm³/mol. The molecule has 1 saturated heterocycles. The molecule has 1 rings (SSSR count). The van der Waals surface area contributed by atoms with E-state index in [0.29, 0.717) is 17.5 Å². The Morgan fingerprint density at radius 2 is 2.12 bits per heavy atom. The van der Waals surface area contributed by atoms with Gasteiger partial charge in [-0.2, -0.15) is 11.8 Å². The maximum Gasteiger partial charge on any atom is 0.232 e. The van der Waals surface area contributed by atoms with E-state index in [2.05, 4.69) is 6.92 Å². The van der Waals surface area contributed by atoms with Gasteiger partial charge < -0.3 is 4.90 Å². The van der Waals surface area contributed by atoms with Crippen molar-refractivity contribution in [2.45, 2.75) is 32.2 Å². The molecule has 0 saturated carbocycles. The fourth-order valence-electron chi connectivity index (χ4n) is 1.92. The van der Waals surface area contributed by atoms with Crippen LogP contribution in [0, 0.1) is 0 Å². The van der Waals surface area contributed by atoms with E-state index in [1.807, 2.05) is 4.90 Å². The van der Waals surface area contributed by atoms with Crippen LogP contribution in [0.5, 0.6) is 0 Å². The molecule has 0 aromatic carbocycles. The van der Waals surface area contributed by atoms with E-state index in [4.69, 9.17) is 0 Å². The van der Waals surface area contributed by atoms with Crippen LogP contribution in [-0.4, -0.2) is 55.3 Å². The normalized spacial score (nSPS) is 21.5. The summed E-state index contributed by atoms with van der Waals surface area (Å²) < 4.78 is 21.8. The second kappa shape index (κ2) is 6.64. The number of carbonyl (C=O) groups excluding carboxylic acids is 1. The lowest BCUT2D eigenvalue weighted by atomic mass is 10.0. The third-order valence-electron chi connectivity index (χ3n) is 2.95. The van der Waals surface area contributed by atoms with E-state index >= 15 is 0 Å². The molecule has 1 atom stereocenters. The molecule has 4 nitrogen and oxygen atoms in total. The zero-order chi connectivity index (χ0) is 12.9. The fraction of sp³-hybridized carbons (Fsp3) is 0.909. The number of sulfone groups is 1. The van der Waals surface area contributed by atoms with Crippen LogP contribution in [0.4, 0.5) is 0 Å². The smallest absolute Gasteiger partial charge is 0.232 e. The van der Waals surface area contributed by atoms with Crippen LogP contribution in [0.25, 0.3) is 0 Å². The van der Waals surface area contributed by atoms with Crippen molar-refractivity contribution in [3.05, 3.63) is 0 Å². The largest absolute Gasteiger partial charge is 0.339 e. The predicted octanol–water partition coefficient (Wildman–Crippen LogP) is 1.17. The van der Waals surface area contributed by atoms with E-state index in [-0.39, 0.29) is 11.7 Å². The lowest BCUT2D eigenvalue weighted by molar-refractivity contribution is -0.131. The lowest BCUT2D eigenvalue weighted by Crippen LogP contribution is -2.43. The van der Waals surface area contributed by atoms with Crippen molar-refractivity contribution in [1.29, 1.82) is 0 Å². The van der Waals surface area contributed by atoms with Gasteiger partial charge in [-0.25, -0.2) is 8.42 Å². The molecule has 0 N–H and O–H groups in total. The van der Waals surface area contributed by atoms with Crippen molar-refractivity contribution in [2.75, 3.05) is 30.1 Å². The molecule has 1 amide bonds. The number of amides is 1. The first-order chi connectivity index (χ1) is 7.90. The molecule has 0 radical (unpaired) electrons. The first-order valence-electron chi connectivity index (χ1n) is 5.95. The van der Waals surface area contributed by atoms with Crippen LogP contribution < -0.4 is 0 Å². The van der Waals surface area contributed by atoms with E-state index in [1.165, 1.54) is 24.4 Å². The van der Waals surface area contributed by atoms with Crippen molar-refractivity contribution in [3.63, 3.8) is 0 Å². The highest BCUT2D eigenvalue weighted by Gasteiger charge is 2.22. The molecular weight excluding hydrogens is 258 g/mol. The fourth-order valence-corrected chi connectivity index (χ4v) is 4.09. The standard InChI is InChI=1S/C11H21NO3S2/c1-10-5-3-4-6-12(10)11(13)9-16-7-8-17(2,14)15/h10H,3-9H2,1-2H3. The molecule has 1 fully saturated rings. The molecule has 0 bridgehead atoms. The monoisotopic (exact) mass is 279 g/mol. The van der Waals surface area contributed by atoms with Gasteiger partial charge in [0.25, 0.3) is 0 Å². The van der Waals surface area contributed by atoms with E-state index in [9.17, 15) is 13.2 Å². The van der Waals surface area contributed by atoms with E-state index in [1.54, 1.807) is 0 Å². The van der Waals surface area contributed by atoms with Gasteiger partial charge in [0.2, 0.25) is 5.91 Å². The third kappa shape index (κ3) is 5.77. The Balaban J connectivity index is 2.24.